The van der Waals surface area contributed by atoms with Gasteiger partial charge in [0.15, 0.2) is 5.78 Å². The van der Waals surface area contributed by atoms with Gasteiger partial charge in [-0.2, -0.15) is 0 Å². The van der Waals surface area contributed by atoms with Crippen LogP contribution in [0, 0.1) is 0 Å². The number of azide groups is 1. The van der Waals surface area contributed by atoms with Gasteiger partial charge in [0.25, 0.3) is 0 Å². The number of aliphatic hydroxyl groups is 1. The number of methoxy groups -OCH3 is 2. The standard InChI is InChI=1S/C29H25N7O7.C8H7N3O3/c1-3-4-26(38)16-10-22(24-13-35(33-31-24)18-5-7-20(28(39)40)17(9-18)15-37)30-23(11-16)25-14-36(34-32-25)19-6-8-21(29(41)42)27(12-19)43-2;1-14-7-4-5(10-11-9)2-3-6(7)8(12)13/h5-14,37H,3-4,15H2,1-2H3,(H,39,40)(H,41,42);2-4H,1H3,(H,12,13). The van der Waals surface area contributed by atoms with Crippen molar-refractivity contribution in [2.24, 2.45) is 5.11 Å². The lowest BCUT2D eigenvalue weighted by Crippen LogP contribution is -2.05. The number of aliphatic hydroxyl groups excluding tert-OH is 1. The second kappa shape index (κ2) is 17.9. The number of carboxylic acid groups (broad SMARTS) is 3. The molecule has 6 rings (SSSR count). The zero-order valence-electron chi connectivity index (χ0n) is 30.3. The number of ketones is 1. The van der Waals surface area contributed by atoms with E-state index in [1.54, 1.807) is 30.6 Å². The molecule has 0 atom stereocenters. The Morgan fingerprint density at radius 1 is 0.719 bits per heavy atom. The molecule has 0 unspecified atom stereocenters. The Labute approximate surface area is 321 Å². The maximum Gasteiger partial charge on any atom is 0.339 e. The number of aromatic nitrogens is 7. The molecule has 57 heavy (non-hydrogen) atoms. The number of ether oxygens (including phenoxy) is 2. The van der Waals surface area contributed by atoms with E-state index in [-0.39, 0.29) is 39.5 Å². The predicted molar refractivity (Wildman–Crippen MR) is 199 cm³/mol. The molecule has 20 heteroatoms. The van der Waals surface area contributed by atoms with Crippen LogP contribution in [0.25, 0.3) is 44.6 Å². The molecular formula is C37H32N10O10. The van der Waals surface area contributed by atoms with Gasteiger partial charge in [0, 0.05) is 28.6 Å². The lowest BCUT2D eigenvalue weighted by Gasteiger charge is -2.07. The summed E-state index contributed by atoms with van der Waals surface area (Å²) >= 11 is 0. The zero-order valence-corrected chi connectivity index (χ0v) is 30.3. The highest BCUT2D eigenvalue weighted by Gasteiger charge is 2.19. The van der Waals surface area contributed by atoms with Gasteiger partial charge in [-0.05, 0) is 72.1 Å². The molecule has 0 spiro atoms. The number of nitrogens with zero attached hydrogens (tertiary/aromatic N) is 10. The van der Waals surface area contributed by atoms with Crippen LogP contribution in [0.1, 0.15) is 66.8 Å². The molecule has 0 aliphatic heterocycles. The van der Waals surface area contributed by atoms with Gasteiger partial charge in [-0.15, -0.1) is 10.2 Å². The highest BCUT2D eigenvalue weighted by molar-refractivity contribution is 5.98. The van der Waals surface area contributed by atoms with E-state index in [1.807, 2.05) is 6.92 Å². The first-order valence-electron chi connectivity index (χ1n) is 16.7. The molecule has 3 heterocycles. The van der Waals surface area contributed by atoms with E-state index in [2.05, 4.69) is 35.6 Å². The molecule has 4 N–H and O–H groups in total. The summed E-state index contributed by atoms with van der Waals surface area (Å²) in [5.74, 6) is -3.15. The van der Waals surface area contributed by atoms with Crippen LogP contribution in [0.3, 0.4) is 0 Å². The highest BCUT2D eigenvalue weighted by Crippen LogP contribution is 2.28. The summed E-state index contributed by atoms with van der Waals surface area (Å²) in [5.41, 5.74) is 11.4. The van der Waals surface area contributed by atoms with E-state index in [1.165, 1.54) is 72.1 Å². The van der Waals surface area contributed by atoms with Crippen LogP contribution in [0.5, 0.6) is 11.5 Å². The molecular weight excluding hydrogens is 744 g/mol. The quantitative estimate of drug-likeness (QED) is 0.0440. The zero-order chi connectivity index (χ0) is 41.2. The SMILES string of the molecule is CCCC(=O)c1cc(-c2cn(-c3ccc(C(=O)O)c(CO)c3)nn2)nc(-c2cn(-c3ccc(C(=O)O)c(OC)c3)nn2)c1.COc1cc(N=[N+]=[N-])ccc1C(=O)O. The average molecular weight is 777 g/mol. The van der Waals surface area contributed by atoms with Crippen molar-refractivity contribution in [3.8, 4) is 45.6 Å². The van der Waals surface area contributed by atoms with Gasteiger partial charge in [0.2, 0.25) is 0 Å². The number of rotatable bonds is 14. The lowest BCUT2D eigenvalue weighted by molar-refractivity contribution is 0.0682. The molecule has 3 aromatic heterocycles. The Morgan fingerprint density at radius 2 is 1.23 bits per heavy atom. The third-order valence-electron chi connectivity index (χ3n) is 8.15. The smallest absolute Gasteiger partial charge is 0.339 e. The van der Waals surface area contributed by atoms with Crippen molar-refractivity contribution < 1.29 is 49.1 Å². The molecule has 0 amide bonds. The van der Waals surface area contributed by atoms with Crippen molar-refractivity contribution in [3.63, 3.8) is 0 Å². The van der Waals surface area contributed by atoms with Crippen molar-refractivity contribution in [1.29, 1.82) is 0 Å². The van der Waals surface area contributed by atoms with Crippen molar-refractivity contribution in [3.05, 3.63) is 117 Å². The van der Waals surface area contributed by atoms with Gasteiger partial charge in [-0.3, -0.25) is 4.79 Å². The average Bonchev–Trinajstić information content (AvgIpc) is 3.92. The molecule has 0 saturated carbocycles. The Balaban J connectivity index is 0.000000374. The Bertz CT molecular complexity index is 2420. The summed E-state index contributed by atoms with van der Waals surface area (Å²) in [5, 5.41) is 57.1. The highest BCUT2D eigenvalue weighted by atomic mass is 16.5. The van der Waals surface area contributed by atoms with Crippen LogP contribution in [-0.4, -0.2) is 93.3 Å². The number of aromatic carboxylic acids is 3. The van der Waals surface area contributed by atoms with Gasteiger partial charge in [-0.25, -0.2) is 28.7 Å². The first-order chi connectivity index (χ1) is 27.4. The fraction of sp³-hybridized carbons (Fsp3) is 0.162. The van der Waals surface area contributed by atoms with Crippen LogP contribution in [-0.2, 0) is 6.61 Å². The lowest BCUT2D eigenvalue weighted by atomic mass is 10.0. The molecule has 0 aliphatic rings. The summed E-state index contributed by atoms with van der Waals surface area (Å²) in [6, 6.07) is 16.2. The molecule has 6 aromatic rings. The minimum absolute atomic E-state index is 0.00139. The van der Waals surface area contributed by atoms with E-state index in [0.717, 1.165) is 0 Å². The second-order valence-electron chi connectivity index (χ2n) is 11.8. The van der Waals surface area contributed by atoms with Gasteiger partial charge < -0.3 is 29.9 Å². The number of carboxylic acids is 3. The topological polar surface area (TPSA) is 291 Å². The summed E-state index contributed by atoms with van der Waals surface area (Å²) in [6.07, 6.45) is 4.13. The summed E-state index contributed by atoms with van der Waals surface area (Å²) in [4.78, 5) is 53.7. The van der Waals surface area contributed by atoms with Crippen LogP contribution in [0.4, 0.5) is 5.69 Å². The molecule has 20 nitrogen and oxygen atoms in total. The number of carbonyl (C=O) groups excluding carboxylic acids is 1. The predicted octanol–water partition coefficient (Wildman–Crippen LogP) is 5.79. The van der Waals surface area contributed by atoms with Gasteiger partial charge >= 0.3 is 17.9 Å². The Morgan fingerprint density at radius 3 is 1.72 bits per heavy atom. The van der Waals surface area contributed by atoms with E-state index in [0.29, 0.717) is 58.2 Å². The second-order valence-corrected chi connectivity index (χ2v) is 11.8. The maximum absolute atomic E-state index is 12.9. The first-order valence-corrected chi connectivity index (χ1v) is 16.7. The van der Waals surface area contributed by atoms with Crippen molar-refractivity contribution in [2.75, 3.05) is 14.2 Å². The van der Waals surface area contributed by atoms with Crippen molar-refractivity contribution in [2.45, 2.75) is 26.4 Å². The van der Waals surface area contributed by atoms with Gasteiger partial charge in [-0.1, -0.05) is 28.5 Å². The molecule has 290 valence electrons. The number of pyridine rings is 1. The Hall–Kier alpha value is -7.96. The van der Waals surface area contributed by atoms with Crippen molar-refractivity contribution >= 4 is 29.4 Å². The van der Waals surface area contributed by atoms with Crippen LogP contribution in [0.2, 0.25) is 0 Å². The molecule has 0 radical (unpaired) electrons. The monoisotopic (exact) mass is 776 g/mol. The third kappa shape index (κ3) is 9.23. The van der Waals surface area contributed by atoms with E-state index in [9.17, 15) is 34.5 Å². The Kier molecular flexibility index (Phi) is 12.6. The number of hydrogen-bond acceptors (Lipinski definition) is 13. The number of Topliss-reactive ketones (excluding diaryl/α,β-unsaturated/α-hetero) is 1. The largest absolute Gasteiger partial charge is 0.496 e. The molecule has 0 saturated heterocycles. The molecule has 0 fully saturated rings. The summed E-state index contributed by atoms with van der Waals surface area (Å²) < 4.78 is 12.9. The minimum Gasteiger partial charge on any atom is -0.496 e. The van der Waals surface area contributed by atoms with Crippen LogP contribution in [0.15, 0.2) is 84.2 Å². The number of benzene rings is 3. The van der Waals surface area contributed by atoms with Crippen molar-refractivity contribution in [1.82, 2.24) is 35.0 Å². The van der Waals surface area contributed by atoms with E-state index in [4.69, 9.17) is 20.1 Å². The van der Waals surface area contributed by atoms with E-state index < -0.39 is 24.5 Å². The van der Waals surface area contributed by atoms with Gasteiger partial charge in [0.05, 0.1) is 61.5 Å². The minimum atomic E-state index is -1.16. The third-order valence-corrected chi connectivity index (χ3v) is 8.15. The maximum atomic E-state index is 12.9. The summed E-state index contributed by atoms with van der Waals surface area (Å²) in [7, 11) is 2.72. The van der Waals surface area contributed by atoms with Gasteiger partial charge in [0.1, 0.15) is 34.0 Å². The fourth-order valence-corrected chi connectivity index (χ4v) is 5.37. The van der Waals surface area contributed by atoms with E-state index >= 15 is 0 Å². The molecule has 0 bridgehead atoms. The normalized spacial score (nSPS) is 10.5. The molecule has 3 aromatic carbocycles. The number of carbonyl (C=O) groups is 4. The first kappa shape index (κ1) is 40.2. The fourth-order valence-electron chi connectivity index (χ4n) is 5.37. The molecule has 0 aliphatic carbocycles. The number of hydrogen-bond donors (Lipinski definition) is 4. The van der Waals surface area contributed by atoms with Crippen LogP contribution >= 0.6 is 0 Å². The van der Waals surface area contributed by atoms with Crippen LogP contribution < -0.4 is 9.47 Å². The summed E-state index contributed by atoms with van der Waals surface area (Å²) in [6.45, 7) is 1.43.